The van der Waals surface area contributed by atoms with Crippen molar-refractivity contribution in [1.82, 2.24) is 4.90 Å². The lowest BCUT2D eigenvalue weighted by molar-refractivity contribution is -0.0446. The number of ether oxygens (including phenoxy) is 1. The molecule has 0 aromatic rings. The SMILES string of the molecule is CN(CCBr)CC1CCC2(CCCC2)O1. The first-order valence-corrected chi connectivity index (χ1v) is 7.29. The van der Waals surface area contributed by atoms with Crippen molar-refractivity contribution in [3.63, 3.8) is 0 Å². The maximum Gasteiger partial charge on any atom is 0.0710 e. The van der Waals surface area contributed by atoms with Gasteiger partial charge >= 0.3 is 0 Å². The normalized spacial score (nSPS) is 29.4. The number of likely N-dealkylation sites (N-methyl/N-ethyl adjacent to an activating group) is 1. The van der Waals surface area contributed by atoms with Crippen molar-refractivity contribution in [2.75, 3.05) is 25.5 Å². The van der Waals surface area contributed by atoms with E-state index in [0.717, 1.165) is 18.4 Å². The third-order valence-corrected chi connectivity index (χ3v) is 4.19. The average molecular weight is 276 g/mol. The van der Waals surface area contributed by atoms with E-state index in [4.69, 9.17) is 4.74 Å². The zero-order valence-electron chi connectivity index (χ0n) is 9.67. The van der Waals surface area contributed by atoms with Crippen molar-refractivity contribution in [1.29, 1.82) is 0 Å². The van der Waals surface area contributed by atoms with Crippen LogP contribution < -0.4 is 0 Å². The van der Waals surface area contributed by atoms with Gasteiger partial charge in [-0.3, -0.25) is 0 Å². The van der Waals surface area contributed by atoms with E-state index in [1.807, 2.05) is 0 Å². The number of nitrogens with zero attached hydrogens (tertiary/aromatic N) is 1. The molecule has 0 aromatic heterocycles. The Kier molecular flexibility index (Phi) is 4.08. The van der Waals surface area contributed by atoms with Crippen LogP contribution in [0.5, 0.6) is 0 Å². The van der Waals surface area contributed by atoms with Crippen LogP contribution in [0.15, 0.2) is 0 Å². The Morgan fingerprint density at radius 1 is 1.33 bits per heavy atom. The van der Waals surface area contributed by atoms with Crippen LogP contribution in [0.25, 0.3) is 0 Å². The summed E-state index contributed by atoms with van der Waals surface area (Å²) in [7, 11) is 2.18. The van der Waals surface area contributed by atoms with Gasteiger partial charge in [-0.1, -0.05) is 28.8 Å². The van der Waals surface area contributed by atoms with Gasteiger partial charge in [0.05, 0.1) is 11.7 Å². The largest absolute Gasteiger partial charge is 0.370 e. The Morgan fingerprint density at radius 3 is 2.73 bits per heavy atom. The summed E-state index contributed by atoms with van der Waals surface area (Å²) in [5, 5.41) is 1.06. The van der Waals surface area contributed by atoms with E-state index in [1.165, 1.54) is 38.5 Å². The van der Waals surface area contributed by atoms with Gasteiger partial charge in [0.15, 0.2) is 0 Å². The molecule has 0 N–H and O–H groups in total. The van der Waals surface area contributed by atoms with Gasteiger partial charge in [0.1, 0.15) is 0 Å². The van der Waals surface area contributed by atoms with Crippen molar-refractivity contribution in [2.45, 2.75) is 50.2 Å². The van der Waals surface area contributed by atoms with Gasteiger partial charge in [-0.2, -0.15) is 0 Å². The molecule has 2 rings (SSSR count). The molecule has 2 fully saturated rings. The second-order valence-electron chi connectivity index (χ2n) is 5.12. The molecule has 0 aromatic carbocycles. The minimum absolute atomic E-state index is 0.305. The highest BCUT2D eigenvalue weighted by Gasteiger charge is 2.42. The molecule has 2 aliphatic rings. The van der Waals surface area contributed by atoms with Gasteiger partial charge < -0.3 is 9.64 Å². The quantitative estimate of drug-likeness (QED) is 0.732. The summed E-state index contributed by atoms with van der Waals surface area (Å²) in [6.07, 6.45) is 8.45. The minimum atomic E-state index is 0.305. The van der Waals surface area contributed by atoms with E-state index in [0.29, 0.717) is 11.7 Å². The summed E-state index contributed by atoms with van der Waals surface area (Å²) >= 11 is 3.48. The summed E-state index contributed by atoms with van der Waals surface area (Å²) in [4.78, 5) is 2.37. The summed E-state index contributed by atoms with van der Waals surface area (Å²) in [5.74, 6) is 0. The maximum atomic E-state index is 6.27. The molecular formula is C12H22BrNO. The minimum Gasteiger partial charge on any atom is -0.370 e. The smallest absolute Gasteiger partial charge is 0.0710 e. The third-order valence-electron chi connectivity index (χ3n) is 3.83. The van der Waals surface area contributed by atoms with E-state index in [9.17, 15) is 0 Å². The van der Waals surface area contributed by atoms with E-state index < -0.39 is 0 Å². The lowest BCUT2D eigenvalue weighted by atomic mass is 9.98. The second kappa shape index (κ2) is 5.15. The topological polar surface area (TPSA) is 12.5 Å². The van der Waals surface area contributed by atoms with Crippen LogP contribution in [0.2, 0.25) is 0 Å². The predicted molar refractivity (Wildman–Crippen MR) is 66.6 cm³/mol. The molecule has 1 saturated heterocycles. The maximum absolute atomic E-state index is 6.27. The molecule has 1 saturated carbocycles. The molecule has 1 unspecified atom stereocenters. The molecule has 0 radical (unpaired) electrons. The van der Waals surface area contributed by atoms with Gasteiger partial charge in [-0.05, 0) is 32.7 Å². The van der Waals surface area contributed by atoms with Gasteiger partial charge in [0, 0.05) is 18.4 Å². The molecule has 1 atom stereocenters. The Bertz CT molecular complexity index is 204. The Labute approximate surface area is 101 Å². The number of rotatable bonds is 4. The fourth-order valence-electron chi connectivity index (χ4n) is 2.99. The van der Waals surface area contributed by atoms with Crippen LogP contribution in [-0.2, 0) is 4.74 Å². The zero-order valence-corrected chi connectivity index (χ0v) is 11.3. The van der Waals surface area contributed by atoms with Crippen molar-refractivity contribution in [3.05, 3.63) is 0 Å². The van der Waals surface area contributed by atoms with E-state index in [-0.39, 0.29) is 0 Å². The summed E-state index contributed by atoms with van der Waals surface area (Å²) in [6, 6.07) is 0. The summed E-state index contributed by atoms with van der Waals surface area (Å²) in [5.41, 5.74) is 0.305. The molecule has 1 heterocycles. The van der Waals surface area contributed by atoms with Gasteiger partial charge in [-0.15, -0.1) is 0 Å². The standard InChI is InChI=1S/C12H22BrNO/c1-14(9-8-13)10-11-4-7-12(15-11)5-2-3-6-12/h11H,2-10H2,1H3. The molecule has 1 aliphatic heterocycles. The number of alkyl halides is 1. The van der Waals surface area contributed by atoms with Crippen molar-refractivity contribution in [2.24, 2.45) is 0 Å². The number of halogens is 1. The second-order valence-corrected chi connectivity index (χ2v) is 5.91. The molecule has 0 bridgehead atoms. The van der Waals surface area contributed by atoms with Crippen LogP contribution in [-0.4, -0.2) is 42.1 Å². The van der Waals surface area contributed by atoms with Crippen LogP contribution in [0.3, 0.4) is 0 Å². The molecule has 1 aliphatic carbocycles. The molecule has 2 nitrogen and oxygen atoms in total. The number of hydrogen-bond acceptors (Lipinski definition) is 2. The highest BCUT2D eigenvalue weighted by Crippen LogP contribution is 2.43. The van der Waals surface area contributed by atoms with Crippen LogP contribution in [0, 0.1) is 0 Å². The van der Waals surface area contributed by atoms with Crippen molar-refractivity contribution >= 4 is 15.9 Å². The van der Waals surface area contributed by atoms with Gasteiger partial charge in [0.25, 0.3) is 0 Å². The molecule has 3 heteroatoms. The van der Waals surface area contributed by atoms with E-state index in [1.54, 1.807) is 0 Å². The van der Waals surface area contributed by atoms with Crippen LogP contribution >= 0.6 is 15.9 Å². The summed E-state index contributed by atoms with van der Waals surface area (Å²) in [6.45, 7) is 2.22. The highest BCUT2D eigenvalue weighted by atomic mass is 79.9. The van der Waals surface area contributed by atoms with Gasteiger partial charge in [-0.25, -0.2) is 0 Å². The molecule has 88 valence electrons. The zero-order chi connectivity index (χ0) is 10.7. The predicted octanol–water partition coefficient (Wildman–Crippen LogP) is 2.80. The van der Waals surface area contributed by atoms with Crippen LogP contribution in [0.1, 0.15) is 38.5 Å². The van der Waals surface area contributed by atoms with Crippen molar-refractivity contribution in [3.8, 4) is 0 Å². The Hall–Kier alpha value is 0.400. The first-order chi connectivity index (χ1) is 7.24. The molecule has 0 amide bonds. The lowest BCUT2D eigenvalue weighted by Gasteiger charge is -2.26. The van der Waals surface area contributed by atoms with Crippen LogP contribution in [0.4, 0.5) is 0 Å². The fourth-order valence-corrected chi connectivity index (χ4v) is 3.60. The fraction of sp³-hybridized carbons (Fsp3) is 1.00. The highest BCUT2D eigenvalue weighted by molar-refractivity contribution is 9.09. The first kappa shape index (κ1) is 11.9. The monoisotopic (exact) mass is 275 g/mol. The first-order valence-electron chi connectivity index (χ1n) is 6.16. The van der Waals surface area contributed by atoms with E-state index >= 15 is 0 Å². The van der Waals surface area contributed by atoms with Crippen molar-refractivity contribution < 1.29 is 4.74 Å². The number of hydrogen-bond donors (Lipinski definition) is 0. The molecule has 15 heavy (non-hydrogen) atoms. The third kappa shape index (κ3) is 2.95. The lowest BCUT2D eigenvalue weighted by Crippen LogP contribution is -2.33. The van der Waals surface area contributed by atoms with Gasteiger partial charge in [0.2, 0.25) is 0 Å². The van der Waals surface area contributed by atoms with E-state index in [2.05, 4.69) is 27.9 Å². The summed E-state index contributed by atoms with van der Waals surface area (Å²) < 4.78 is 6.27. The Morgan fingerprint density at radius 2 is 2.07 bits per heavy atom. The average Bonchev–Trinajstić information content (AvgIpc) is 2.79. The molecular weight excluding hydrogens is 254 g/mol. The molecule has 1 spiro atoms. The Balaban J connectivity index is 1.77.